The third-order valence-corrected chi connectivity index (χ3v) is 3.00. The maximum atomic E-state index is 10.8. The van der Waals surface area contributed by atoms with Crippen LogP contribution in [0.4, 0.5) is 0 Å². The fourth-order valence-corrected chi connectivity index (χ4v) is 2.06. The molecule has 16 heavy (non-hydrogen) atoms. The number of fused-ring (bicyclic) bond motifs is 1. The summed E-state index contributed by atoms with van der Waals surface area (Å²) in [6, 6.07) is 3.52. The van der Waals surface area contributed by atoms with Gasteiger partial charge in [0, 0.05) is 18.5 Å². The monoisotopic (exact) mass is 236 g/mol. The van der Waals surface area contributed by atoms with Gasteiger partial charge in [-0.05, 0) is 12.1 Å². The van der Waals surface area contributed by atoms with E-state index in [-0.39, 0.29) is 0 Å². The molecule has 0 spiro atoms. The van der Waals surface area contributed by atoms with Crippen molar-refractivity contribution in [1.82, 2.24) is 9.55 Å². The number of hydrogen-bond donors (Lipinski definition) is 0. The smallest absolute Gasteiger partial charge is 0.151 e. The Bertz CT molecular complexity index is 558. The van der Waals surface area contributed by atoms with Crippen molar-refractivity contribution in [2.45, 2.75) is 19.8 Å². The summed E-state index contributed by atoms with van der Waals surface area (Å²) < 4.78 is 2.01. The summed E-state index contributed by atoms with van der Waals surface area (Å²) in [4.78, 5) is 15.3. The highest BCUT2D eigenvalue weighted by atomic mass is 35.5. The van der Waals surface area contributed by atoms with Crippen molar-refractivity contribution in [3.63, 3.8) is 0 Å². The molecule has 0 aliphatic heterocycles. The lowest BCUT2D eigenvalue weighted by Crippen LogP contribution is -1.99. The van der Waals surface area contributed by atoms with Gasteiger partial charge in [-0.1, -0.05) is 25.4 Å². The largest absolute Gasteiger partial charge is 0.331 e. The van der Waals surface area contributed by atoms with E-state index in [0.29, 0.717) is 16.5 Å². The Hall–Kier alpha value is -1.35. The maximum absolute atomic E-state index is 10.8. The second-order valence-electron chi connectivity index (χ2n) is 4.16. The molecule has 0 saturated heterocycles. The van der Waals surface area contributed by atoms with E-state index in [2.05, 4.69) is 18.8 Å². The summed E-state index contributed by atoms with van der Waals surface area (Å²) in [5, 5.41) is 0.473. The van der Waals surface area contributed by atoms with Crippen LogP contribution in [-0.2, 0) is 7.05 Å². The van der Waals surface area contributed by atoms with Crippen LogP contribution >= 0.6 is 11.6 Å². The summed E-state index contributed by atoms with van der Waals surface area (Å²) in [6.07, 6.45) is 0.755. The summed E-state index contributed by atoms with van der Waals surface area (Å²) in [7, 11) is 1.96. The average Bonchev–Trinajstić information content (AvgIpc) is 2.55. The first-order valence-corrected chi connectivity index (χ1v) is 5.53. The Morgan fingerprint density at radius 2 is 2.12 bits per heavy atom. The lowest BCUT2D eigenvalue weighted by atomic mass is 10.2. The lowest BCUT2D eigenvalue weighted by molar-refractivity contribution is 0.112. The van der Waals surface area contributed by atoms with Crippen molar-refractivity contribution in [2.75, 3.05) is 0 Å². The molecule has 0 saturated carbocycles. The molecule has 0 unspecified atom stereocenters. The van der Waals surface area contributed by atoms with Crippen molar-refractivity contribution < 1.29 is 4.79 Å². The van der Waals surface area contributed by atoms with Gasteiger partial charge in [0.2, 0.25) is 0 Å². The number of rotatable bonds is 2. The normalized spacial score (nSPS) is 11.3. The van der Waals surface area contributed by atoms with Crippen LogP contribution in [0.2, 0.25) is 5.02 Å². The summed E-state index contributed by atoms with van der Waals surface area (Å²) in [6.45, 7) is 4.17. The number of hydrogen-bond acceptors (Lipinski definition) is 2. The van der Waals surface area contributed by atoms with E-state index in [1.54, 1.807) is 12.1 Å². The number of carbonyl (C=O) groups excluding carboxylic acids is 1. The average molecular weight is 237 g/mol. The molecular weight excluding hydrogens is 224 g/mol. The van der Waals surface area contributed by atoms with E-state index in [0.717, 1.165) is 23.1 Å². The van der Waals surface area contributed by atoms with Crippen LogP contribution in [0.5, 0.6) is 0 Å². The Morgan fingerprint density at radius 3 is 2.69 bits per heavy atom. The minimum atomic E-state index is 0.343. The van der Waals surface area contributed by atoms with Gasteiger partial charge in [0.1, 0.15) is 5.82 Å². The van der Waals surface area contributed by atoms with Gasteiger partial charge >= 0.3 is 0 Å². The number of imidazole rings is 1. The van der Waals surface area contributed by atoms with E-state index in [9.17, 15) is 4.79 Å². The van der Waals surface area contributed by atoms with Gasteiger partial charge in [0.05, 0.1) is 16.1 Å². The second kappa shape index (κ2) is 3.91. The quantitative estimate of drug-likeness (QED) is 0.751. The van der Waals surface area contributed by atoms with Crippen molar-refractivity contribution >= 4 is 28.9 Å². The van der Waals surface area contributed by atoms with E-state index in [1.165, 1.54) is 0 Å². The highest BCUT2D eigenvalue weighted by Gasteiger charge is 2.12. The van der Waals surface area contributed by atoms with Gasteiger partial charge in [-0.3, -0.25) is 4.79 Å². The number of aldehydes is 1. The second-order valence-corrected chi connectivity index (χ2v) is 4.57. The first kappa shape index (κ1) is 11.1. The first-order chi connectivity index (χ1) is 7.54. The Kier molecular flexibility index (Phi) is 2.72. The molecule has 0 aliphatic carbocycles. The molecule has 0 amide bonds. The minimum Gasteiger partial charge on any atom is -0.331 e. The van der Waals surface area contributed by atoms with Crippen molar-refractivity contribution in [2.24, 2.45) is 7.05 Å². The highest BCUT2D eigenvalue weighted by Crippen LogP contribution is 2.25. The molecule has 4 heteroatoms. The molecule has 0 fully saturated rings. The van der Waals surface area contributed by atoms with Crippen LogP contribution in [0, 0.1) is 0 Å². The lowest BCUT2D eigenvalue weighted by Gasteiger charge is -2.04. The van der Waals surface area contributed by atoms with E-state index >= 15 is 0 Å². The molecule has 0 radical (unpaired) electrons. The molecular formula is C12H13ClN2O. The van der Waals surface area contributed by atoms with Crippen LogP contribution in [0.15, 0.2) is 12.1 Å². The molecule has 0 bridgehead atoms. The molecule has 3 nitrogen and oxygen atoms in total. The van der Waals surface area contributed by atoms with E-state index in [1.807, 2.05) is 11.6 Å². The zero-order valence-corrected chi connectivity index (χ0v) is 10.2. The minimum absolute atomic E-state index is 0.343. The van der Waals surface area contributed by atoms with Gasteiger partial charge in [-0.15, -0.1) is 0 Å². The SMILES string of the molecule is CC(C)c1nc2cc(C=O)c(Cl)cc2n1C. The van der Waals surface area contributed by atoms with Gasteiger partial charge < -0.3 is 4.57 Å². The molecule has 1 aromatic carbocycles. The Labute approximate surface area is 99.0 Å². The third kappa shape index (κ3) is 1.61. The van der Waals surface area contributed by atoms with Gasteiger partial charge in [-0.25, -0.2) is 4.98 Å². The van der Waals surface area contributed by atoms with Crippen LogP contribution in [-0.4, -0.2) is 15.8 Å². The number of benzene rings is 1. The Morgan fingerprint density at radius 1 is 1.44 bits per heavy atom. The first-order valence-electron chi connectivity index (χ1n) is 5.15. The molecule has 1 aromatic heterocycles. The van der Waals surface area contributed by atoms with E-state index < -0.39 is 0 Å². The highest BCUT2D eigenvalue weighted by molar-refractivity contribution is 6.33. The van der Waals surface area contributed by atoms with Crippen molar-refractivity contribution in [3.05, 3.63) is 28.5 Å². The van der Waals surface area contributed by atoms with Gasteiger partial charge in [0.15, 0.2) is 6.29 Å². The molecule has 0 atom stereocenters. The standard InChI is InChI=1S/C12H13ClN2O/c1-7(2)12-14-10-4-8(6-16)9(13)5-11(10)15(12)3/h4-7H,1-3H3. The number of carbonyl (C=O) groups is 1. The number of halogens is 1. The van der Waals surface area contributed by atoms with Crippen LogP contribution in [0.3, 0.4) is 0 Å². The van der Waals surface area contributed by atoms with Crippen LogP contribution in [0.1, 0.15) is 35.9 Å². The zero-order chi connectivity index (χ0) is 11.9. The predicted molar refractivity (Wildman–Crippen MR) is 65.2 cm³/mol. The van der Waals surface area contributed by atoms with Gasteiger partial charge in [-0.2, -0.15) is 0 Å². The van der Waals surface area contributed by atoms with Gasteiger partial charge in [0.25, 0.3) is 0 Å². The Balaban J connectivity index is 2.77. The zero-order valence-electron chi connectivity index (χ0n) is 9.49. The molecule has 84 valence electrons. The topological polar surface area (TPSA) is 34.9 Å². The van der Waals surface area contributed by atoms with Crippen molar-refractivity contribution in [3.8, 4) is 0 Å². The summed E-state index contributed by atoms with van der Waals surface area (Å²) >= 11 is 5.99. The van der Waals surface area contributed by atoms with Crippen LogP contribution in [0.25, 0.3) is 11.0 Å². The maximum Gasteiger partial charge on any atom is 0.151 e. The summed E-state index contributed by atoms with van der Waals surface area (Å²) in [5.74, 6) is 1.34. The molecule has 2 aromatic rings. The number of aromatic nitrogens is 2. The van der Waals surface area contributed by atoms with E-state index in [4.69, 9.17) is 11.6 Å². The third-order valence-electron chi connectivity index (χ3n) is 2.68. The number of aryl methyl sites for hydroxylation is 1. The molecule has 0 N–H and O–H groups in total. The number of nitrogens with zero attached hydrogens (tertiary/aromatic N) is 2. The van der Waals surface area contributed by atoms with Crippen molar-refractivity contribution in [1.29, 1.82) is 0 Å². The summed E-state index contributed by atoms with van der Waals surface area (Å²) in [5.41, 5.74) is 2.26. The predicted octanol–water partition coefficient (Wildman–Crippen LogP) is 3.16. The van der Waals surface area contributed by atoms with Crippen LogP contribution < -0.4 is 0 Å². The molecule has 0 aliphatic rings. The fraction of sp³-hybridized carbons (Fsp3) is 0.333. The fourth-order valence-electron chi connectivity index (χ4n) is 1.85. The molecule has 2 rings (SSSR count). The molecule has 1 heterocycles.